The number of ether oxygens (including phenoxy) is 3. The second kappa shape index (κ2) is 18.1. The molecule has 0 aromatic rings. The topological polar surface area (TPSA) is 143 Å². The zero-order chi connectivity index (χ0) is 36.7. The summed E-state index contributed by atoms with van der Waals surface area (Å²) in [6.45, 7) is 21.6. The monoisotopic (exact) mass is 669 g/mol. The largest absolute Gasteiger partial charge is 0.456 e. The van der Waals surface area contributed by atoms with Gasteiger partial charge in [0.25, 0.3) is 11.8 Å². The molecular weight excluding hydrogens is 606 g/mol. The van der Waals surface area contributed by atoms with Gasteiger partial charge in [-0.2, -0.15) is 0 Å². The summed E-state index contributed by atoms with van der Waals surface area (Å²) in [5.41, 5.74) is 0. The number of hydrogen-bond donors (Lipinski definition) is 1. The fourth-order valence-electron chi connectivity index (χ4n) is 5.97. The third-order valence-electron chi connectivity index (χ3n) is 9.09. The molecule has 47 heavy (non-hydrogen) atoms. The van der Waals surface area contributed by atoms with Crippen molar-refractivity contribution in [2.45, 2.75) is 139 Å². The highest BCUT2D eigenvalue weighted by Crippen LogP contribution is 2.27. The molecule has 12 nitrogen and oxygen atoms in total. The van der Waals surface area contributed by atoms with E-state index in [4.69, 9.17) is 14.2 Å². The van der Waals surface area contributed by atoms with Crippen molar-refractivity contribution in [1.82, 2.24) is 14.7 Å². The van der Waals surface area contributed by atoms with Crippen LogP contribution in [0.15, 0.2) is 0 Å². The normalized spacial score (nSPS) is 29.4. The van der Waals surface area contributed by atoms with Gasteiger partial charge in [-0.05, 0) is 55.4 Å². The van der Waals surface area contributed by atoms with Crippen LogP contribution in [-0.4, -0.2) is 113 Å². The second-order valence-electron chi connectivity index (χ2n) is 15.0. The van der Waals surface area contributed by atoms with E-state index >= 15 is 0 Å². The molecule has 0 aromatic heterocycles. The van der Waals surface area contributed by atoms with Crippen LogP contribution in [0.4, 0.5) is 0 Å². The Morgan fingerprint density at radius 2 is 1.00 bits per heavy atom. The lowest BCUT2D eigenvalue weighted by atomic mass is 9.96. The van der Waals surface area contributed by atoms with Crippen LogP contribution >= 0.6 is 0 Å². The van der Waals surface area contributed by atoms with E-state index in [9.17, 15) is 29.1 Å². The fourth-order valence-corrected chi connectivity index (χ4v) is 5.97. The molecule has 0 bridgehead atoms. The number of esters is 3. The number of carbonyl (C=O) groups is 5. The molecule has 0 aliphatic carbocycles. The molecule has 272 valence electrons. The molecule has 1 heterocycles. The van der Waals surface area contributed by atoms with Crippen LogP contribution in [-0.2, 0) is 38.2 Å². The van der Waals surface area contributed by atoms with E-state index in [1.807, 2.05) is 27.7 Å². The zero-order valence-electron chi connectivity index (χ0n) is 31.5. The minimum absolute atomic E-state index is 0.000453. The van der Waals surface area contributed by atoms with Crippen LogP contribution in [0.25, 0.3) is 0 Å². The molecule has 1 aliphatic rings. The van der Waals surface area contributed by atoms with Gasteiger partial charge in [-0.15, -0.1) is 0 Å². The Labute approximate surface area is 282 Å². The summed E-state index contributed by atoms with van der Waals surface area (Å²) in [6, 6.07) is -3.16. The van der Waals surface area contributed by atoms with Crippen molar-refractivity contribution in [3.05, 3.63) is 0 Å². The van der Waals surface area contributed by atoms with E-state index in [0.717, 1.165) is 0 Å². The van der Waals surface area contributed by atoms with Gasteiger partial charge in [-0.1, -0.05) is 83.1 Å². The SMILES string of the molecule is CCC(C)[C@H]1OC(=O)[C@H](C(C)C)N(C)C(=O)[C@@H](C(C)C)OC(=O)[C@H](C(C)C)N(C)C(=O)[C@@H](C(C)C)OC(=O)[C@H](CC(C)C)N(C)C1O. The molecule has 0 spiro atoms. The number of aliphatic hydroxyl groups excluding tert-OH is 1. The first-order valence-electron chi connectivity index (χ1n) is 17.1. The molecule has 0 radical (unpaired) electrons. The minimum atomic E-state index is -1.41. The average molecular weight is 670 g/mol. The van der Waals surface area contributed by atoms with Crippen molar-refractivity contribution < 1.29 is 43.3 Å². The van der Waals surface area contributed by atoms with Crippen molar-refractivity contribution in [3.63, 3.8) is 0 Å². The highest BCUT2D eigenvalue weighted by molar-refractivity contribution is 5.92. The van der Waals surface area contributed by atoms with Gasteiger partial charge in [-0.3, -0.25) is 19.3 Å². The lowest BCUT2D eigenvalue weighted by Crippen LogP contribution is -2.58. The maximum Gasteiger partial charge on any atom is 0.329 e. The van der Waals surface area contributed by atoms with Crippen LogP contribution in [0, 0.1) is 35.5 Å². The average Bonchev–Trinajstić information content (AvgIpc) is 2.96. The third-order valence-corrected chi connectivity index (χ3v) is 9.09. The summed E-state index contributed by atoms with van der Waals surface area (Å²) in [4.78, 5) is 73.4. The van der Waals surface area contributed by atoms with Crippen molar-refractivity contribution in [2.75, 3.05) is 21.1 Å². The Bertz CT molecular complexity index is 1080. The molecule has 0 aromatic carbocycles. The van der Waals surface area contributed by atoms with Gasteiger partial charge in [0.15, 0.2) is 12.2 Å². The van der Waals surface area contributed by atoms with Gasteiger partial charge in [0.2, 0.25) is 0 Å². The number of hydrogen-bond acceptors (Lipinski definition) is 10. The van der Waals surface area contributed by atoms with Gasteiger partial charge < -0.3 is 29.1 Å². The molecule has 1 N–H and O–H groups in total. The smallest absolute Gasteiger partial charge is 0.329 e. The number of cyclic esters (lactones) is 3. The molecule has 8 atom stereocenters. The van der Waals surface area contributed by atoms with E-state index in [1.54, 1.807) is 62.4 Å². The van der Waals surface area contributed by atoms with Gasteiger partial charge in [0.1, 0.15) is 30.5 Å². The first kappa shape index (κ1) is 42.3. The Morgan fingerprint density at radius 1 is 0.617 bits per heavy atom. The van der Waals surface area contributed by atoms with Gasteiger partial charge in [0, 0.05) is 14.1 Å². The molecule has 0 saturated carbocycles. The van der Waals surface area contributed by atoms with Crippen LogP contribution in [0.3, 0.4) is 0 Å². The Kier molecular flexibility index (Phi) is 16.3. The molecule has 1 rings (SSSR count). The van der Waals surface area contributed by atoms with Gasteiger partial charge in [0.05, 0.1) is 0 Å². The number of likely N-dealkylation sites (N-methyl/N-ethyl adjacent to an activating group) is 3. The standard InChI is InChI=1S/C35H63N3O9/c1-16-23(12)29-32(41)36(13)24(17-18(2)3)33(42)45-27(21(8)9)30(39)37(14)25(19(4)5)34(43)46-28(22(10)11)31(40)38(15)26(20(6)7)35(44)47-29/h18-29,32,41H,16-17H2,1-15H3/t23?,24-,25-,26-,27+,28+,29+,32?/m0/s1. The molecular formula is C35H63N3O9. The predicted molar refractivity (Wildman–Crippen MR) is 179 cm³/mol. The second-order valence-corrected chi connectivity index (χ2v) is 15.0. The van der Waals surface area contributed by atoms with Crippen LogP contribution in [0.2, 0.25) is 0 Å². The highest BCUT2D eigenvalue weighted by Gasteiger charge is 2.45. The summed E-state index contributed by atoms with van der Waals surface area (Å²) in [7, 11) is 4.48. The van der Waals surface area contributed by atoms with Crippen LogP contribution in [0.5, 0.6) is 0 Å². The Hall–Kier alpha value is -2.73. The summed E-state index contributed by atoms with van der Waals surface area (Å²) in [5.74, 6) is -5.49. The van der Waals surface area contributed by atoms with Crippen molar-refractivity contribution >= 4 is 29.7 Å². The zero-order valence-corrected chi connectivity index (χ0v) is 31.5. The van der Waals surface area contributed by atoms with Gasteiger partial charge in [-0.25, -0.2) is 9.59 Å². The van der Waals surface area contributed by atoms with Gasteiger partial charge >= 0.3 is 17.9 Å². The summed E-state index contributed by atoms with van der Waals surface area (Å²) in [5, 5.41) is 11.7. The molecule has 2 unspecified atom stereocenters. The van der Waals surface area contributed by atoms with Crippen molar-refractivity contribution in [1.29, 1.82) is 0 Å². The highest BCUT2D eigenvalue weighted by atomic mass is 16.6. The minimum Gasteiger partial charge on any atom is -0.456 e. The molecule has 2 amide bonds. The Balaban J connectivity index is 3.97. The number of aliphatic hydroxyl groups is 1. The predicted octanol–water partition coefficient (Wildman–Crippen LogP) is 3.72. The first-order valence-corrected chi connectivity index (χ1v) is 17.1. The van der Waals surface area contributed by atoms with E-state index < -0.39 is 96.1 Å². The Morgan fingerprint density at radius 3 is 1.34 bits per heavy atom. The van der Waals surface area contributed by atoms with Crippen molar-refractivity contribution in [2.24, 2.45) is 35.5 Å². The van der Waals surface area contributed by atoms with E-state index in [2.05, 4.69) is 0 Å². The number of amides is 2. The summed E-state index contributed by atoms with van der Waals surface area (Å²) in [6.07, 6.45) is -4.16. The lowest BCUT2D eigenvalue weighted by Gasteiger charge is -2.40. The molecule has 1 fully saturated rings. The number of nitrogens with zero attached hydrogens (tertiary/aromatic N) is 3. The molecule has 1 saturated heterocycles. The fraction of sp³-hybridized carbons (Fsp3) is 0.857. The quantitative estimate of drug-likeness (QED) is 0.300. The molecule has 1 aliphatic heterocycles. The number of carbonyl (C=O) groups excluding carboxylic acids is 5. The van der Waals surface area contributed by atoms with Crippen LogP contribution in [0.1, 0.15) is 95.9 Å². The summed E-state index contributed by atoms with van der Waals surface area (Å²) >= 11 is 0. The lowest BCUT2D eigenvalue weighted by molar-refractivity contribution is -0.190. The summed E-state index contributed by atoms with van der Waals surface area (Å²) < 4.78 is 17.8. The molecule has 12 heteroatoms. The van der Waals surface area contributed by atoms with Crippen LogP contribution < -0.4 is 0 Å². The maximum atomic E-state index is 14.0. The maximum absolute atomic E-state index is 14.0. The van der Waals surface area contributed by atoms with Crippen molar-refractivity contribution in [3.8, 4) is 0 Å². The van der Waals surface area contributed by atoms with E-state index in [0.29, 0.717) is 6.42 Å². The first-order chi connectivity index (χ1) is 21.6. The van der Waals surface area contributed by atoms with E-state index in [1.165, 1.54) is 28.8 Å². The third kappa shape index (κ3) is 10.6. The number of rotatable bonds is 8. The van der Waals surface area contributed by atoms with E-state index in [-0.39, 0.29) is 18.3 Å².